The molecule has 1 amide bonds. The minimum Gasteiger partial charge on any atom is -0.465 e. The van der Waals surface area contributed by atoms with Crippen molar-refractivity contribution in [1.82, 2.24) is 10.2 Å². The first-order valence-corrected chi connectivity index (χ1v) is 29.4. The first-order valence-electron chi connectivity index (χ1n) is 29.4. The summed E-state index contributed by atoms with van der Waals surface area (Å²) in [6, 6.07) is 0.408. The van der Waals surface area contributed by atoms with Crippen molar-refractivity contribution in [3.05, 3.63) is 0 Å². The van der Waals surface area contributed by atoms with Crippen molar-refractivity contribution in [2.45, 2.75) is 336 Å². The molecule has 0 saturated carbocycles. The predicted molar refractivity (Wildman–Crippen MR) is 286 cm³/mol. The van der Waals surface area contributed by atoms with Gasteiger partial charge in [-0.05, 0) is 77.3 Å². The maximum absolute atomic E-state index is 13.6. The molecule has 0 heterocycles. The van der Waals surface area contributed by atoms with Gasteiger partial charge < -0.3 is 15.0 Å². The average Bonchev–Trinajstić information content (AvgIpc) is 3.30. The van der Waals surface area contributed by atoms with Crippen LogP contribution in [-0.4, -0.2) is 55.3 Å². The molecule has 1 unspecified atom stereocenters. The lowest BCUT2D eigenvalue weighted by Crippen LogP contribution is -2.41. The third kappa shape index (κ3) is 47.4. The molecule has 6 heteroatoms. The lowest BCUT2D eigenvalue weighted by molar-refractivity contribution is -0.135. The number of rotatable bonds is 52. The van der Waals surface area contributed by atoms with E-state index in [0.29, 0.717) is 30.1 Å². The van der Waals surface area contributed by atoms with Crippen LogP contribution in [0.15, 0.2) is 0 Å². The number of carbonyl (C=O) groups excluding carboxylic acids is 3. The van der Waals surface area contributed by atoms with Gasteiger partial charge in [-0.15, -0.1) is 0 Å². The summed E-state index contributed by atoms with van der Waals surface area (Å²) >= 11 is 0. The summed E-state index contributed by atoms with van der Waals surface area (Å²) in [7, 11) is 2.02. The Hall–Kier alpha value is -1.43. The largest absolute Gasteiger partial charge is 0.465 e. The Bertz CT molecular complexity index is 935. The van der Waals surface area contributed by atoms with Gasteiger partial charge in [0, 0.05) is 31.8 Å². The molecule has 0 bridgehead atoms. The molecular formula is C59H118N2O4. The Kier molecular flexibility index (Phi) is 55.7. The van der Waals surface area contributed by atoms with Gasteiger partial charge in [0.2, 0.25) is 5.91 Å². The molecule has 0 aliphatic heterocycles. The fraction of sp³-hybridized carbons (Fsp3) is 0.949. The molecule has 0 saturated heterocycles. The van der Waals surface area contributed by atoms with Gasteiger partial charge in [-0.3, -0.25) is 14.4 Å². The number of nitrogens with one attached hydrogen (secondary N) is 1. The highest BCUT2D eigenvalue weighted by molar-refractivity contribution is 5.78. The molecular weight excluding hydrogens is 801 g/mol. The molecule has 1 atom stereocenters. The molecule has 0 aromatic heterocycles. The van der Waals surface area contributed by atoms with E-state index >= 15 is 0 Å². The summed E-state index contributed by atoms with van der Waals surface area (Å²) < 4.78 is 5.12. The Labute approximate surface area is 408 Å². The molecule has 0 rings (SSSR count). The first-order chi connectivity index (χ1) is 31.9. The number of hydrogen-bond acceptors (Lipinski definition) is 5. The predicted octanol–water partition coefficient (Wildman–Crippen LogP) is 18.4. The van der Waals surface area contributed by atoms with E-state index < -0.39 is 0 Å². The lowest BCUT2D eigenvalue weighted by atomic mass is 9.89. The standard InChI is InChI=1S/C45H90N2O2.C14H28O2/c1-6-10-14-18-19-23-28-35-43(47(40-32-39-46-5)45(49)38-31-22-15-11-7-2)36-29-24-20-21-25-30-37-44(48)41-42(33-26-16-12-8-3)34-27-17-13-9-4;1-3-5-7-9-11-14(16-13-15)12-10-8-6-4-2/h42-43,46H,6-41H2,1-5H3;13-14H,3-12H2,1-2H3. The van der Waals surface area contributed by atoms with Crippen molar-refractivity contribution < 1.29 is 19.1 Å². The van der Waals surface area contributed by atoms with Crippen LogP contribution in [0.2, 0.25) is 0 Å². The molecule has 1 N–H and O–H groups in total. The number of hydrogen-bond donors (Lipinski definition) is 1. The van der Waals surface area contributed by atoms with Crippen molar-refractivity contribution in [3.63, 3.8) is 0 Å². The van der Waals surface area contributed by atoms with E-state index in [2.05, 4.69) is 51.8 Å². The zero-order chi connectivity index (χ0) is 48.1. The van der Waals surface area contributed by atoms with E-state index in [1.807, 2.05) is 7.05 Å². The van der Waals surface area contributed by atoms with Gasteiger partial charge >= 0.3 is 0 Å². The number of nitrogens with zero attached hydrogens (tertiary/aromatic N) is 1. The second-order valence-electron chi connectivity index (χ2n) is 20.3. The van der Waals surface area contributed by atoms with E-state index in [9.17, 15) is 14.4 Å². The number of ether oxygens (including phenoxy) is 1. The van der Waals surface area contributed by atoms with Crippen LogP contribution in [0, 0.1) is 5.92 Å². The van der Waals surface area contributed by atoms with Gasteiger partial charge in [0.15, 0.2) is 0 Å². The second-order valence-corrected chi connectivity index (χ2v) is 20.3. The van der Waals surface area contributed by atoms with Crippen molar-refractivity contribution in [1.29, 1.82) is 0 Å². The molecule has 0 spiro atoms. The fourth-order valence-electron chi connectivity index (χ4n) is 9.61. The highest BCUT2D eigenvalue weighted by Gasteiger charge is 2.23. The third-order valence-corrected chi connectivity index (χ3v) is 13.9. The van der Waals surface area contributed by atoms with Gasteiger partial charge in [0.1, 0.15) is 11.9 Å². The summed E-state index contributed by atoms with van der Waals surface area (Å²) in [5, 5.41) is 3.30. The summed E-state index contributed by atoms with van der Waals surface area (Å²) in [5.41, 5.74) is 0. The van der Waals surface area contributed by atoms with Gasteiger partial charge in [0.05, 0.1) is 0 Å². The van der Waals surface area contributed by atoms with Crippen LogP contribution >= 0.6 is 0 Å². The molecule has 0 aliphatic carbocycles. The SMILES string of the molecule is CCCCCCC(CCCCCC)OC=O.CCCCCCCCCC(CCCCCCCCC(=O)CC(CCCCCC)CCCCCC)N(CCCNC)C(=O)CCCCCCC. The number of carbonyl (C=O) groups is 3. The fourth-order valence-corrected chi connectivity index (χ4v) is 9.61. The van der Waals surface area contributed by atoms with E-state index in [1.54, 1.807) is 0 Å². The van der Waals surface area contributed by atoms with E-state index in [0.717, 1.165) is 70.9 Å². The van der Waals surface area contributed by atoms with Crippen LogP contribution in [0.4, 0.5) is 0 Å². The zero-order valence-electron chi connectivity index (χ0n) is 45.4. The van der Waals surface area contributed by atoms with E-state index in [4.69, 9.17) is 4.74 Å². The normalized spacial score (nSPS) is 11.8. The van der Waals surface area contributed by atoms with Crippen molar-refractivity contribution in [2.24, 2.45) is 5.92 Å². The summed E-state index contributed by atoms with van der Waals surface area (Å²) in [6.07, 6.45) is 53.7. The number of ketones is 1. The highest BCUT2D eigenvalue weighted by Crippen LogP contribution is 2.25. The molecule has 0 aliphatic rings. The summed E-state index contributed by atoms with van der Waals surface area (Å²) in [4.78, 5) is 39.2. The van der Waals surface area contributed by atoms with Gasteiger partial charge in [0.25, 0.3) is 6.47 Å². The van der Waals surface area contributed by atoms with Crippen LogP contribution in [0.25, 0.3) is 0 Å². The van der Waals surface area contributed by atoms with Crippen LogP contribution in [0.5, 0.6) is 0 Å². The zero-order valence-corrected chi connectivity index (χ0v) is 45.4. The topological polar surface area (TPSA) is 75.7 Å². The van der Waals surface area contributed by atoms with Crippen LogP contribution in [-0.2, 0) is 19.1 Å². The number of unbranched alkanes of at least 4 members (excludes halogenated alkanes) is 27. The summed E-state index contributed by atoms with van der Waals surface area (Å²) in [5.74, 6) is 1.56. The maximum atomic E-state index is 13.6. The van der Waals surface area contributed by atoms with Crippen LogP contribution in [0.3, 0.4) is 0 Å². The first kappa shape index (κ1) is 65.7. The number of amides is 1. The minimum atomic E-state index is 0.172. The van der Waals surface area contributed by atoms with Crippen molar-refractivity contribution in [3.8, 4) is 0 Å². The molecule has 6 nitrogen and oxygen atoms in total. The Balaban J connectivity index is 0. The van der Waals surface area contributed by atoms with E-state index in [-0.39, 0.29) is 6.10 Å². The maximum Gasteiger partial charge on any atom is 0.293 e. The monoisotopic (exact) mass is 919 g/mol. The van der Waals surface area contributed by atoms with Gasteiger partial charge in [-0.25, -0.2) is 0 Å². The van der Waals surface area contributed by atoms with Crippen molar-refractivity contribution in [2.75, 3.05) is 20.1 Å². The van der Waals surface area contributed by atoms with Gasteiger partial charge in [-0.1, -0.05) is 247 Å². The summed E-state index contributed by atoms with van der Waals surface area (Å²) in [6.45, 7) is 16.0. The molecule has 388 valence electrons. The lowest BCUT2D eigenvalue weighted by Gasteiger charge is -2.33. The van der Waals surface area contributed by atoms with Crippen LogP contribution < -0.4 is 5.32 Å². The molecule has 0 fully saturated rings. The highest BCUT2D eigenvalue weighted by atomic mass is 16.5. The second kappa shape index (κ2) is 55.2. The molecule has 0 aromatic carbocycles. The minimum absolute atomic E-state index is 0.172. The Morgan fingerprint density at radius 1 is 0.446 bits per heavy atom. The Morgan fingerprint density at radius 2 is 0.800 bits per heavy atom. The van der Waals surface area contributed by atoms with E-state index in [1.165, 1.54) is 225 Å². The van der Waals surface area contributed by atoms with Gasteiger partial charge in [-0.2, -0.15) is 0 Å². The number of Topliss-reactive ketones (excluding diaryl/α,β-unsaturated/α-hetero) is 1. The Morgan fingerprint density at radius 3 is 1.22 bits per heavy atom. The van der Waals surface area contributed by atoms with Crippen molar-refractivity contribution >= 4 is 18.2 Å². The average molecular weight is 920 g/mol. The molecule has 65 heavy (non-hydrogen) atoms. The third-order valence-electron chi connectivity index (χ3n) is 13.9. The quantitative estimate of drug-likeness (QED) is 0.0486. The van der Waals surface area contributed by atoms with Crippen LogP contribution in [0.1, 0.15) is 324 Å². The molecule has 0 aromatic rings. The molecule has 0 radical (unpaired) electrons. The smallest absolute Gasteiger partial charge is 0.293 e.